The summed E-state index contributed by atoms with van der Waals surface area (Å²) in [7, 11) is 0. The van der Waals surface area contributed by atoms with E-state index in [-0.39, 0.29) is 18.4 Å². The van der Waals surface area contributed by atoms with Gasteiger partial charge in [-0.2, -0.15) is 0 Å². The van der Waals surface area contributed by atoms with E-state index >= 15 is 0 Å². The van der Waals surface area contributed by atoms with Crippen molar-refractivity contribution in [2.75, 3.05) is 24.5 Å². The Labute approximate surface area is 172 Å². The molecular formula is C23H29N3O3. The maximum absolute atomic E-state index is 12.6. The molecule has 2 aromatic rings. The number of nitrogens with zero attached hydrogens (tertiary/aromatic N) is 2. The number of para-hydroxylation sites is 2. The summed E-state index contributed by atoms with van der Waals surface area (Å²) in [6.07, 6.45) is -0.604. The van der Waals surface area contributed by atoms with Crippen LogP contribution in [0.5, 0.6) is 5.75 Å². The highest BCUT2D eigenvalue weighted by Crippen LogP contribution is 2.33. The lowest BCUT2D eigenvalue weighted by Gasteiger charge is -2.32. The van der Waals surface area contributed by atoms with Crippen LogP contribution in [0.15, 0.2) is 48.5 Å². The summed E-state index contributed by atoms with van der Waals surface area (Å²) < 4.78 is 5.63. The van der Waals surface area contributed by atoms with E-state index in [0.29, 0.717) is 18.0 Å². The standard InChI is InChI=1S/C23H29N3O3/c1-4-25(5-2)15-19-11-7-6-10-18(19)14-24-22(27)16-26-20-12-8-9-13-21(20)29-17(3)23(26)28/h6-13,17H,4-5,14-16H2,1-3H3,(H,24,27)/t17-/m1/s1. The van der Waals surface area contributed by atoms with E-state index in [9.17, 15) is 9.59 Å². The lowest BCUT2D eigenvalue weighted by atomic mass is 10.1. The summed E-state index contributed by atoms with van der Waals surface area (Å²) >= 11 is 0. The highest BCUT2D eigenvalue weighted by atomic mass is 16.5. The molecule has 1 atom stereocenters. The van der Waals surface area contributed by atoms with Crippen LogP contribution >= 0.6 is 0 Å². The van der Waals surface area contributed by atoms with Crippen molar-refractivity contribution in [3.05, 3.63) is 59.7 Å². The van der Waals surface area contributed by atoms with Crippen LogP contribution in [0.3, 0.4) is 0 Å². The number of anilines is 1. The minimum Gasteiger partial charge on any atom is -0.479 e. The molecule has 6 nitrogen and oxygen atoms in total. The van der Waals surface area contributed by atoms with Gasteiger partial charge in [0.1, 0.15) is 12.3 Å². The molecule has 0 saturated carbocycles. The molecule has 0 unspecified atom stereocenters. The van der Waals surface area contributed by atoms with Gasteiger partial charge in [0, 0.05) is 13.1 Å². The second-order valence-electron chi connectivity index (χ2n) is 7.16. The molecule has 1 heterocycles. The topological polar surface area (TPSA) is 61.9 Å². The van der Waals surface area contributed by atoms with E-state index < -0.39 is 6.10 Å². The highest BCUT2D eigenvalue weighted by Gasteiger charge is 2.32. The van der Waals surface area contributed by atoms with Crippen LogP contribution in [0, 0.1) is 0 Å². The molecule has 3 rings (SSSR count). The van der Waals surface area contributed by atoms with Crippen molar-refractivity contribution in [1.82, 2.24) is 10.2 Å². The summed E-state index contributed by atoms with van der Waals surface area (Å²) in [5.74, 6) is 0.220. The third-order valence-corrected chi connectivity index (χ3v) is 5.26. The molecular weight excluding hydrogens is 366 g/mol. The number of hydrogen-bond acceptors (Lipinski definition) is 4. The molecule has 29 heavy (non-hydrogen) atoms. The number of hydrogen-bond donors (Lipinski definition) is 1. The Balaban J connectivity index is 1.66. The monoisotopic (exact) mass is 395 g/mol. The first kappa shape index (κ1) is 20.9. The number of amides is 2. The molecule has 6 heteroatoms. The second-order valence-corrected chi connectivity index (χ2v) is 7.16. The Bertz CT molecular complexity index is 864. The first-order chi connectivity index (χ1) is 14.0. The minimum absolute atomic E-state index is 0.0260. The number of carbonyl (C=O) groups excluding carboxylic acids is 2. The van der Waals surface area contributed by atoms with Crippen LogP contribution in [0.4, 0.5) is 5.69 Å². The normalized spacial score (nSPS) is 15.8. The average molecular weight is 396 g/mol. The van der Waals surface area contributed by atoms with Gasteiger partial charge in [-0.05, 0) is 43.3 Å². The Morgan fingerprint density at radius 2 is 1.72 bits per heavy atom. The zero-order valence-corrected chi connectivity index (χ0v) is 17.4. The maximum atomic E-state index is 12.6. The van der Waals surface area contributed by atoms with Gasteiger partial charge in [0.25, 0.3) is 5.91 Å². The summed E-state index contributed by atoms with van der Waals surface area (Å²) in [4.78, 5) is 29.0. The minimum atomic E-state index is -0.604. The van der Waals surface area contributed by atoms with Crippen LogP contribution in [0.25, 0.3) is 0 Å². The van der Waals surface area contributed by atoms with Crippen LogP contribution < -0.4 is 15.0 Å². The number of fused-ring (bicyclic) bond motifs is 1. The average Bonchev–Trinajstić information content (AvgIpc) is 2.74. The first-order valence-electron chi connectivity index (χ1n) is 10.2. The highest BCUT2D eigenvalue weighted by molar-refractivity contribution is 6.03. The molecule has 0 fully saturated rings. The molecule has 1 aliphatic heterocycles. The van der Waals surface area contributed by atoms with Crippen LogP contribution in [-0.4, -0.2) is 42.5 Å². The Hall–Kier alpha value is -2.86. The predicted octanol–water partition coefficient (Wildman–Crippen LogP) is 2.96. The lowest BCUT2D eigenvalue weighted by molar-refractivity contribution is -0.128. The van der Waals surface area contributed by atoms with Crippen LogP contribution in [0.1, 0.15) is 31.9 Å². The summed E-state index contributed by atoms with van der Waals surface area (Å²) in [5.41, 5.74) is 2.93. The van der Waals surface area contributed by atoms with Gasteiger partial charge in [0.15, 0.2) is 6.10 Å². The van der Waals surface area contributed by atoms with Crippen molar-refractivity contribution >= 4 is 17.5 Å². The Morgan fingerprint density at radius 1 is 1.07 bits per heavy atom. The van der Waals surface area contributed by atoms with Crippen LogP contribution in [0.2, 0.25) is 0 Å². The van der Waals surface area contributed by atoms with Crippen molar-refractivity contribution in [3.8, 4) is 5.75 Å². The number of benzene rings is 2. The van der Waals surface area contributed by atoms with Gasteiger partial charge < -0.3 is 10.1 Å². The van der Waals surface area contributed by atoms with E-state index in [4.69, 9.17) is 4.74 Å². The fourth-order valence-corrected chi connectivity index (χ4v) is 3.49. The van der Waals surface area contributed by atoms with Gasteiger partial charge in [-0.25, -0.2) is 0 Å². The van der Waals surface area contributed by atoms with Crippen LogP contribution in [-0.2, 0) is 22.7 Å². The molecule has 154 valence electrons. The Morgan fingerprint density at radius 3 is 2.45 bits per heavy atom. The first-order valence-corrected chi connectivity index (χ1v) is 10.2. The lowest BCUT2D eigenvalue weighted by Crippen LogP contribution is -2.48. The molecule has 2 aromatic carbocycles. The fraction of sp³-hybridized carbons (Fsp3) is 0.391. The van der Waals surface area contributed by atoms with E-state index in [0.717, 1.165) is 25.2 Å². The van der Waals surface area contributed by atoms with E-state index in [1.54, 1.807) is 13.0 Å². The number of rotatable bonds is 8. The fourth-order valence-electron chi connectivity index (χ4n) is 3.49. The third-order valence-electron chi connectivity index (χ3n) is 5.26. The summed E-state index contributed by atoms with van der Waals surface area (Å²) in [6, 6.07) is 15.4. The van der Waals surface area contributed by atoms with E-state index in [1.807, 2.05) is 36.4 Å². The number of carbonyl (C=O) groups is 2. The Kier molecular flexibility index (Phi) is 6.88. The van der Waals surface area contributed by atoms with Gasteiger partial charge in [0.2, 0.25) is 5.91 Å². The number of ether oxygens (including phenoxy) is 1. The number of nitrogens with one attached hydrogen (secondary N) is 1. The smallest absolute Gasteiger partial charge is 0.268 e. The molecule has 0 spiro atoms. The predicted molar refractivity (Wildman–Crippen MR) is 114 cm³/mol. The molecule has 0 saturated heterocycles. The zero-order chi connectivity index (χ0) is 20.8. The molecule has 0 bridgehead atoms. The third kappa shape index (κ3) is 4.95. The molecule has 0 aromatic heterocycles. The van der Waals surface area contributed by atoms with E-state index in [2.05, 4.69) is 30.1 Å². The molecule has 0 radical (unpaired) electrons. The van der Waals surface area contributed by atoms with Crippen molar-refractivity contribution < 1.29 is 14.3 Å². The quantitative estimate of drug-likeness (QED) is 0.747. The summed E-state index contributed by atoms with van der Waals surface area (Å²) in [6.45, 7) is 9.21. The summed E-state index contributed by atoms with van der Waals surface area (Å²) in [5, 5.41) is 2.97. The van der Waals surface area contributed by atoms with Gasteiger partial charge in [-0.15, -0.1) is 0 Å². The SMILES string of the molecule is CCN(CC)Cc1ccccc1CNC(=O)CN1C(=O)[C@@H](C)Oc2ccccc21. The van der Waals surface area contributed by atoms with Gasteiger partial charge in [0.05, 0.1) is 5.69 Å². The van der Waals surface area contributed by atoms with Gasteiger partial charge >= 0.3 is 0 Å². The largest absolute Gasteiger partial charge is 0.479 e. The van der Waals surface area contributed by atoms with Crippen molar-refractivity contribution in [3.63, 3.8) is 0 Å². The molecule has 1 aliphatic rings. The molecule has 0 aliphatic carbocycles. The van der Waals surface area contributed by atoms with Crippen molar-refractivity contribution in [2.24, 2.45) is 0 Å². The molecule has 2 amide bonds. The molecule has 1 N–H and O–H groups in total. The second kappa shape index (κ2) is 9.56. The van der Waals surface area contributed by atoms with Gasteiger partial charge in [-0.1, -0.05) is 50.2 Å². The van der Waals surface area contributed by atoms with E-state index in [1.165, 1.54) is 10.5 Å². The van der Waals surface area contributed by atoms with Crippen molar-refractivity contribution in [2.45, 2.75) is 40.0 Å². The van der Waals surface area contributed by atoms with Gasteiger partial charge in [-0.3, -0.25) is 19.4 Å². The maximum Gasteiger partial charge on any atom is 0.268 e. The zero-order valence-electron chi connectivity index (χ0n) is 17.4. The van der Waals surface area contributed by atoms with Crippen molar-refractivity contribution in [1.29, 1.82) is 0 Å².